The Morgan fingerprint density at radius 2 is 1.89 bits per heavy atom. The maximum atomic E-state index is 13.2. The molecule has 0 aliphatic carbocycles. The van der Waals surface area contributed by atoms with E-state index < -0.39 is 0 Å². The lowest BCUT2D eigenvalue weighted by Gasteiger charge is -2.43. The molecule has 4 heterocycles. The van der Waals surface area contributed by atoms with Crippen molar-refractivity contribution in [1.82, 2.24) is 19.4 Å². The number of likely N-dealkylation sites (tertiary alicyclic amines) is 1. The van der Waals surface area contributed by atoms with Crippen LogP contribution >= 0.6 is 0 Å². The molecule has 0 radical (unpaired) electrons. The molecule has 2 atom stereocenters. The van der Waals surface area contributed by atoms with Crippen LogP contribution < -0.4 is 10.9 Å². The van der Waals surface area contributed by atoms with Crippen molar-refractivity contribution in [2.24, 2.45) is 5.92 Å². The van der Waals surface area contributed by atoms with Gasteiger partial charge in [-0.3, -0.25) is 24.2 Å². The third kappa shape index (κ3) is 7.87. The highest BCUT2D eigenvalue weighted by molar-refractivity contribution is 5.43. The predicted molar refractivity (Wildman–Crippen MR) is 136 cm³/mol. The van der Waals surface area contributed by atoms with Crippen LogP contribution in [0.1, 0.15) is 29.2 Å². The number of nitrogens with one attached hydrogen (secondary N) is 1. The molecular formula is C25H37N5O6. The number of carbonyl (C=O) groups is 2. The molecule has 0 aromatic carbocycles. The molecule has 2 aliphatic heterocycles. The number of hydrogen-bond acceptors (Lipinski definition) is 8. The Kier molecular flexibility index (Phi) is 12.0. The monoisotopic (exact) mass is 503 g/mol. The SMILES string of the molecule is CNc1ncccc1CN1C[C@@H]2C[C@H](C1)c1ccc(CN(C)CCOC)c(=O)n1C2.O=CO.O=CO. The highest BCUT2D eigenvalue weighted by Crippen LogP contribution is 2.36. The van der Waals surface area contributed by atoms with Gasteiger partial charge in [0.1, 0.15) is 5.82 Å². The number of hydrogen-bond donors (Lipinski definition) is 3. The maximum absolute atomic E-state index is 13.2. The van der Waals surface area contributed by atoms with Crippen molar-refractivity contribution >= 4 is 18.8 Å². The van der Waals surface area contributed by atoms with Crippen LogP contribution in [0.3, 0.4) is 0 Å². The van der Waals surface area contributed by atoms with Crippen LogP contribution in [0.4, 0.5) is 5.82 Å². The second kappa shape index (κ2) is 15.0. The molecule has 0 spiro atoms. The molecular weight excluding hydrogens is 466 g/mol. The molecule has 198 valence electrons. The topological polar surface area (TPSA) is 137 Å². The number of fused-ring (bicyclic) bond motifs is 4. The highest BCUT2D eigenvalue weighted by Gasteiger charge is 2.35. The minimum absolute atomic E-state index is 0.185. The molecule has 11 heteroatoms. The minimum atomic E-state index is -0.250. The van der Waals surface area contributed by atoms with Gasteiger partial charge < -0.3 is 24.8 Å². The summed E-state index contributed by atoms with van der Waals surface area (Å²) >= 11 is 0. The van der Waals surface area contributed by atoms with E-state index in [1.54, 1.807) is 7.11 Å². The van der Waals surface area contributed by atoms with E-state index in [0.717, 1.165) is 44.1 Å². The molecule has 11 nitrogen and oxygen atoms in total. The summed E-state index contributed by atoms with van der Waals surface area (Å²) in [7, 11) is 5.66. The molecule has 4 rings (SSSR count). The number of piperidine rings is 1. The first-order valence-corrected chi connectivity index (χ1v) is 11.8. The summed E-state index contributed by atoms with van der Waals surface area (Å²) in [4.78, 5) is 39.0. The van der Waals surface area contributed by atoms with Crippen LogP contribution in [0.25, 0.3) is 0 Å². The minimum Gasteiger partial charge on any atom is -0.483 e. The number of methoxy groups -OCH3 is 1. The van der Waals surface area contributed by atoms with Crippen molar-refractivity contribution in [3.63, 3.8) is 0 Å². The standard InChI is InChI=1S/C23H33N5O2.2CH2O2/c1-24-22-18(5-4-8-25-22)15-27-12-17-11-20(16-27)21-7-6-19(23(29)28(21)13-17)14-26(2)9-10-30-3;2*2-1-3/h4-8,17,20H,9-16H2,1-3H3,(H,24,25);2*1H,(H,2,3)/t17-,20+;;/m0../s1. The van der Waals surface area contributed by atoms with Crippen molar-refractivity contribution in [1.29, 1.82) is 0 Å². The molecule has 2 aromatic rings. The number of rotatable bonds is 8. The molecule has 0 amide bonds. The van der Waals surface area contributed by atoms with Gasteiger partial charge in [0.15, 0.2) is 0 Å². The number of nitrogens with zero attached hydrogens (tertiary/aromatic N) is 4. The van der Waals surface area contributed by atoms with Gasteiger partial charge in [-0.15, -0.1) is 0 Å². The summed E-state index contributed by atoms with van der Waals surface area (Å²) in [6.45, 7) is 5.39. The van der Waals surface area contributed by atoms with E-state index in [-0.39, 0.29) is 18.5 Å². The van der Waals surface area contributed by atoms with E-state index in [1.165, 1.54) is 17.7 Å². The molecule has 3 N–H and O–H groups in total. The molecule has 0 saturated carbocycles. The second-order valence-corrected chi connectivity index (χ2v) is 8.89. The van der Waals surface area contributed by atoms with Crippen molar-refractivity contribution in [3.05, 3.63) is 57.6 Å². The van der Waals surface area contributed by atoms with E-state index in [2.05, 4.69) is 36.8 Å². The van der Waals surface area contributed by atoms with Gasteiger partial charge in [-0.05, 0) is 31.5 Å². The molecule has 36 heavy (non-hydrogen) atoms. The van der Waals surface area contributed by atoms with Gasteiger partial charge in [0.05, 0.1) is 6.61 Å². The lowest BCUT2D eigenvalue weighted by molar-refractivity contribution is -0.123. The van der Waals surface area contributed by atoms with Crippen molar-refractivity contribution in [3.8, 4) is 0 Å². The summed E-state index contributed by atoms with van der Waals surface area (Å²) in [5.74, 6) is 1.89. The molecule has 2 aliphatic rings. The van der Waals surface area contributed by atoms with Gasteiger partial charge in [0.2, 0.25) is 0 Å². The van der Waals surface area contributed by atoms with Crippen molar-refractivity contribution < 1.29 is 24.5 Å². The number of pyridine rings is 2. The number of aromatic nitrogens is 2. The van der Waals surface area contributed by atoms with Crippen LogP contribution in [-0.2, 0) is 34.0 Å². The normalized spacial score (nSPS) is 18.1. The second-order valence-electron chi connectivity index (χ2n) is 8.89. The van der Waals surface area contributed by atoms with Crippen molar-refractivity contribution in [2.75, 3.05) is 52.8 Å². The Hall–Kier alpha value is -3.28. The zero-order valence-electron chi connectivity index (χ0n) is 21.2. The van der Waals surface area contributed by atoms with Crippen LogP contribution in [0.2, 0.25) is 0 Å². The van der Waals surface area contributed by atoms with Crippen LogP contribution in [-0.4, -0.2) is 90.0 Å². The highest BCUT2D eigenvalue weighted by atomic mass is 16.5. The summed E-state index contributed by atoms with van der Waals surface area (Å²) in [5.41, 5.74) is 3.49. The third-order valence-electron chi connectivity index (χ3n) is 6.40. The molecule has 1 fully saturated rings. The molecule has 2 bridgehead atoms. The lowest BCUT2D eigenvalue weighted by Crippen LogP contribution is -2.47. The van der Waals surface area contributed by atoms with Gasteiger partial charge in [-0.25, -0.2) is 4.98 Å². The third-order valence-corrected chi connectivity index (χ3v) is 6.40. The fourth-order valence-electron chi connectivity index (χ4n) is 4.99. The summed E-state index contributed by atoms with van der Waals surface area (Å²) in [5, 5.41) is 17.0. The van der Waals surface area contributed by atoms with Crippen molar-refractivity contribution in [2.45, 2.75) is 32.0 Å². The molecule has 0 unspecified atom stereocenters. The van der Waals surface area contributed by atoms with Gasteiger partial charge in [-0.2, -0.15) is 0 Å². The van der Waals surface area contributed by atoms with Crippen LogP contribution in [0.15, 0.2) is 35.3 Å². The number of anilines is 1. The Morgan fingerprint density at radius 1 is 1.17 bits per heavy atom. The molecule has 2 aromatic heterocycles. The van der Waals surface area contributed by atoms with Crippen LogP contribution in [0.5, 0.6) is 0 Å². The first-order chi connectivity index (χ1) is 17.4. The average molecular weight is 504 g/mol. The van der Waals surface area contributed by atoms with Gasteiger partial charge in [0, 0.05) is 82.4 Å². The first kappa shape index (κ1) is 29.0. The van der Waals surface area contributed by atoms with Gasteiger partial charge in [0.25, 0.3) is 18.5 Å². The quantitative estimate of drug-likeness (QED) is 0.453. The smallest absolute Gasteiger partial charge is 0.290 e. The average Bonchev–Trinajstić information content (AvgIpc) is 2.86. The summed E-state index contributed by atoms with van der Waals surface area (Å²) < 4.78 is 7.21. The Bertz CT molecular complexity index is 1020. The lowest BCUT2D eigenvalue weighted by atomic mass is 9.83. The Morgan fingerprint density at radius 3 is 2.56 bits per heavy atom. The summed E-state index contributed by atoms with van der Waals surface area (Å²) in [6, 6.07) is 8.38. The maximum Gasteiger partial charge on any atom is 0.290 e. The van der Waals surface area contributed by atoms with Crippen LogP contribution in [0, 0.1) is 5.92 Å². The Balaban J connectivity index is 0.000000693. The molecule has 1 saturated heterocycles. The first-order valence-electron chi connectivity index (χ1n) is 11.8. The number of carboxylic acid groups (broad SMARTS) is 2. The van der Waals surface area contributed by atoms with Gasteiger partial charge in [-0.1, -0.05) is 12.1 Å². The summed E-state index contributed by atoms with van der Waals surface area (Å²) in [6.07, 6.45) is 3.00. The fraction of sp³-hybridized carbons (Fsp3) is 0.520. The van der Waals surface area contributed by atoms with E-state index in [4.69, 9.17) is 24.5 Å². The van der Waals surface area contributed by atoms with E-state index >= 15 is 0 Å². The predicted octanol–water partition coefficient (Wildman–Crippen LogP) is 1.38. The number of likely N-dealkylation sites (N-methyl/N-ethyl adjacent to an activating group) is 1. The largest absolute Gasteiger partial charge is 0.483 e. The van der Waals surface area contributed by atoms with E-state index in [9.17, 15) is 4.79 Å². The fourth-order valence-corrected chi connectivity index (χ4v) is 4.99. The Labute approximate surface area is 211 Å². The van der Waals surface area contributed by atoms with E-state index in [1.807, 2.05) is 32.4 Å². The zero-order valence-corrected chi connectivity index (χ0v) is 21.2. The zero-order chi connectivity index (χ0) is 26.5. The number of ether oxygens (including phenoxy) is 1. The van der Waals surface area contributed by atoms with Gasteiger partial charge >= 0.3 is 0 Å². The van der Waals surface area contributed by atoms with E-state index in [0.29, 0.717) is 25.0 Å².